The third-order valence-corrected chi connectivity index (χ3v) is 3.05. The Labute approximate surface area is 124 Å². The second kappa shape index (κ2) is 5.76. The molecule has 0 radical (unpaired) electrons. The van der Waals surface area contributed by atoms with Crippen LogP contribution in [0, 0.1) is 10.1 Å². The molecule has 0 saturated carbocycles. The highest BCUT2D eigenvalue weighted by Crippen LogP contribution is 2.30. The molecule has 0 saturated heterocycles. The largest absolute Gasteiger partial charge is 0.486 e. The van der Waals surface area contributed by atoms with Crippen LogP contribution in [0.3, 0.4) is 0 Å². The van der Waals surface area contributed by atoms with Crippen LogP contribution >= 0.6 is 0 Å². The van der Waals surface area contributed by atoms with Crippen LogP contribution in [0.15, 0.2) is 40.8 Å². The maximum Gasteiger partial charge on any atom is 0.433 e. The lowest BCUT2D eigenvalue weighted by molar-refractivity contribution is -0.402. The highest BCUT2D eigenvalue weighted by molar-refractivity contribution is 5.91. The van der Waals surface area contributed by atoms with Gasteiger partial charge in [-0.15, -0.1) is 0 Å². The molecule has 0 spiro atoms. The van der Waals surface area contributed by atoms with Gasteiger partial charge in [0.15, 0.2) is 17.3 Å². The van der Waals surface area contributed by atoms with E-state index in [9.17, 15) is 14.9 Å². The van der Waals surface area contributed by atoms with E-state index in [2.05, 4.69) is 5.32 Å². The summed E-state index contributed by atoms with van der Waals surface area (Å²) in [6.45, 7) is 0.497. The number of carbonyl (C=O) groups excluding carboxylic acids is 1. The Kier molecular flexibility index (Phi) is 3.65. The highest BCUT2D eigenvalue weighted by Gasteiger charge is 2.22. The van der Waals surface area contributed by atoms with Gasteiger partial charge in [-0.1, -0.05) is 12.1 Å². The van der Waals surface area contributed by atoms with Gasteiger partial charge in [-0.05, 0) is 18.2 Å². The molecule has 114 valence electrons. The van der Waals surface area contributed by atoms with Gasteiger partial charge in [-0.25, -0.2) is 0 Å². The van der Waals surface area contributed by atoms with E-state index < -0.39 is 16.7 Å². The van der Waals surface area contributed by atoms with E-state index in [0.29, 0.717) is 18.1 Å². The monoisotopic (exact) mass is 304 g/mol. The molecule has 1 aliphatic heterocycles. The number of benzene rings is 1. The second-order valence-electron chi connectivity index (χ2n) is 4.60. The molecular weight excluding hydrogens is 292 g/mol. The van der Waals surface area contributed by atoms with Crippen LogP contribution in [0.25, 0.3) is 0 Å². The lowest BCUT2D eigenvalue weighted by atomic mass is 10.2. The fraction of sp³-hybridized carbons (Fsp3) is 0.214. The fourth-order valence-corrected chi connectivity index (χ4v) is 2.01. The maximum atomic E-state index is 11.8. The zero-order chi connectivity index (χ0) is 15.5. The Hall–Kier alpha value is -3.03. The van der Waals surface area contributed by atoms with Crippen molar-refractivity contribution in [2.24, 2.45) is 0 Å². The van der Waals surface area contributed by atoms with E-state index in [1.807, 2.05) is 12.1 Å². The van der Waals surface area contributed by atoms with Crippen molar-refractivity contribution >= 4 is 11.8 Å². The number of furan rings is 1. The molecule has 1 N–H and O–H groups in total. The number of hydrogen-bond acceptors (Lipinski definition) is 6. The lowest BCUT2D eigenvalue weighted by Gasteiger charge is -2.26. The van der Waals surface area contributed by atoms with Crippen molar-refractivity contribution in [3.05, 3.63) is 52.3 Å². The summed E-state index contributed by atoms with van der Waals surface area (Å²) in [5.74, 6) is 0.129. The van der Waals surface area contributed by atoms with E-state index in [1.165, 1.54) is 6.07 Å². The number of ether oxygens (including phenoxy) is 2. The Morgan fingerprint density at radius 1 is 1.27 bits per heavy atom. The van der Waals surface area contributed by atoms with Crippen LogP contribution in [0.1, 0.15) is 10.6 Å². The van der Waals surface area contributed by atoms with Crippen molar-refractivity contribution in [1.82, 2.24) is 5.32 Å². The molecule has 3 rings (SSSR count). The number of para-hydroxylation sites is 2. The lowest BCUT2D eigenvalue weighted by Crippen LogP contribution is -2.40. The van der Waals surface area contributed by atoms with Gasteiger partial charge in [0.25, 0.3) is 5.91 Å². The number of hydrogen-bond donors (Lipinski definition) is 1. The number of fused-ring (bicyclic) bond motifs is 1. The molecule has 1 aromatic carbocycles. The summed E-state index contributed by atoms with van der Waals surface area (Å²) < 4.78 is 16.0. The summed E-state index contributed by atoms with van der Waals surface area (Å²) in [6.07, 6.45) is -0.344. The number of amides is 1. The second-order valence-corrected chi connectivity index (χ2v) is 4.60. The summed E-state index contributed by atoms with van der Waals surface area (Å²) in [4.78, 5) is 21.6. The smallest absolute Gasteiger partial charge is 0.433 e. The molecule has 8 nitrogen and oxygen atoms in total. The molecule has 0 bridgehead atoms. The average molecular weight is 304 g/mol. The quantitative estimate of drug-likeness (QED) is 0.681. The Morgan fingerprint density at radius 3 is 2.77 bits per heavy atom. The van der Waals surface area contributed by atoms with E-state index in [4.69, 9.17) is 13.9 Å². The Morgan fingerprint density at radius 2 is 2.05 bits per heavy atom. The van der Waals surface area contributed by atoms with Crippen LogP contribution in [0.5, 0.6) is 11.5 Å². The van der Waals surface area contributed by atoms with E-state index in [1.54, 1.807) is 12.1 Å². The predicted octanol–water partition coefficient (Wildman–Crippen LogP) is 1.76. The third kappa shape index (κ3) is 2.85. The first kappa shape index (κ1) is 13.9. The molecule has 0 fully saturated rings. The Bertz CT molecular complexity index is 711. The molecule has 1 atom stereocenters. The van der Waals surface area contributed by atoms with Crippen LogP contribution in [0.2, 0.25) is 0 Å². The number of carbonyl (C=O) groups is 1. The molecular formula is C14H12N2O6. The Balaban J connectivity index is 1.56. The van der Waals surface area contributed by atoms with Crippen LogP contribution in [0.4, 0.5) is 5.88 Å². The molecule has 2 aromatic rings. The summed E-state index contributed by atoms with van der Waals surface area (Å²) in [5, 5.41) is 13.1. The van der Waals surface area contributed by atoms with E-state index in [0.717, 1.165) is 6.07 Å². The molecule has 2 heterocycles. The molecule has 1 aliphatic rings. The summed E-state index contributed by atoms with van der Waals surface area (Å²) >= 11 is 0. The van der Waals surface area contributed by atoms with E-state index >= 15 is 0 Å². The van der Waals surface area contributed by atoms with Crippen LogP contribution in [-0.2, 0) is 0 Å². The number of nitrogens with one attached hydrogen (secondary N) is 1. The van der Waals surface area contributed by atoms with Gasteiger partial charge in [0.05, 0.1) is 12.6 Å². The number of nitro groups is 1. The van der Waals surface area contributed by atoms with Crippen molar-refractivity contribution < 1.29 is 23.6 Å². The van der Waals surface area contributed by atoms with Crippen LogP contribution in [-0.4, -0.2) is 30.1 Å². The number of rotatable bonds is 4. The maximum absolute atomic E-state index is 11.8. The molecule has 0 aliphatic carbocycles. The normalized spacial score (nSPS) is 16.1. The molecule has 22 heavy (non-hydrogen) atoms. The van der Waals surface area contributed by atoms with Gasteiger partial charge in [0, 0.05) is 0 Å². The van der Waals surface area contributed by atoms with Crippen molar-refractivity contribution in [2.75, 3.05) is 13.2 Å². The van der Waals surface area contributed by atoms with E-state index in [-0.39, 0.29) is 18.4 Å². The molecule has 1 aromatic heterocycles. The van der Waals surface area contributed by atoms with Gasteiger partial charge in [0.2, 0.25) is 0 Å². The fourth-order valence-electron chi connectivity index (χ4n) is 2.01. The standard InChI is InChI=1S/C14H12N2O6/c17-14(12-5-6-13(22-12)16(18)19)15-7-9-8-20-10-3-1-2-4-11(10)21-9/h1-6,9H,7-8H2,(H,15,17). The van der Waals surface area contributed by atoms with Gasteiger partial charge in [-0.2, -0.15) is 0 Å². The zero-order valence-electron chi connectivity index (χ0n) is 11.4. The average Bonchev–Trinajstić information content (AvgIpc) is 3.03. The summed E-state index contributed by atoms with van der Waals surface area (Å²) in [5.41, 5.74) is 0. The number of nitrogens with zero attached hydrogens (tertiary/aromatic N) is 1. The van der Waals surface area contributed by atoms with Gasteiger partial charge in [0.1, 0.15) is 17.6 Å². The molecule has 1 unspecified atom stereocenters. The predicted molar refractivity (Wildman–Crippen MR) is 74.0 cm³/mol. The third-order valence-electron chi connectivity index (χ3n) is 3.05. The SMILES string of the molecule is O=C(NCC1COc2ccccc2O1)c1ccc([N+](=O)[O-])o1. The first-order valence-corrected chi connectivity index (χ1v) is 6.54. The van der Waals surface area contributed by atoms with Crippen LogP contribution < -0.4 is 14.8 Å². The summed E-state index contributed by atoms with van der Waals surface area (Å²) in [6, 6.07) is 9.62. The minimum Gasteiger partial charge on any atom is -0.486 e. The minimum atomic E-state index is -0.703. The molecule has 8 heteroatoms. The van der Waals surface area contributed by atoms with Crippen molar-refractivity contribution in [2.45, 2.75) is 6.10 Å². The first-order chi connectivity index (χ1) is 10.6. The van der Waals surface area contributed by atoms with Gasteiger partial charge < -0.3 is 19.2 Å². The summed E-state index contributed by atoms with van der Waals surface area (Å²) in [7, 11) is 0. The van der Waals surface area contributed by atoms with Crippen molar-refractivity contribution in [1.29, 1.82) is 0 Å². The van der Waals surface area contributed by atoms with Crippen molar-refractivity contribution in [3.63, 3.8) is 0 Å². The van der Waals surface area contributed by atoms with Gasteiger partial charge >= 0.3 is 5.88 Å². The topological polar surface area (TPSA) is 104 Å². The highest BCUT2D eigenvalue weighted by atomic mass is 16.6. The minimum absolute atomic E-state index is 0.121. The van der Waals surface area contributed by atoms with Crippen molar-refractivity contribution in [3.8, 4) is 11.5 Å². The molecule has 1 amide bonds. The van der Waals surface area contributed by atoms with Gasteiger partial charge in [-0.3, -0.25) is 14.9 Å². The zero-order valence-corrected chi connectivity index (χ0v) is 11.4. The first-order valence-electron chi connectivity index (χ1n) is 6.54.